The summed E-state index contributed by atoms with van der Waals surface area (Å²) in [5.41, 5.74) is 4.97. The van der Waals surface area contributed by atoms with Crippen LogP contribution >= 0.6 is 0 Å². The summed E-state index contributed by atoms with van der Waals surface area (Å²) in [6.07, 6.45) is 1.02. The molecule has 7 nitrogen and oxygen atoms in total. The predicted octanol–water partition coefficient (Wildman–Crippen LogP) is -0.243. The molecule has 18 heavy (non-hydrogen) atoms. The highest BCUT2D eigenvalue weighted by Gasteiger charge is 2.31. The highest BCUT2D eigenvalue weighted by molar-refractivity contribution is 5.77. The number of likely N-dealkylation sites (tertiary alicyclic amines) is 1. The van der Waals surface area contributed by atoms with Crippen molar-refractivity contribution in [2.24, 2.45) is 11.7 Å². The van der Waals surface area contributed by atoms with E-state index < -0.39 is 11.9 Å². The smallest absolute Gasteiger partial charge is 0.317 e. The molecule has 0 bridgehead atoms. The average Bonchev–Trinajstić information content (AvgIpc) is 2.27. The molecule has 1 saturated heterocycles. The first-order valence-corrected chi connectivity index (χ1v) is 5.97. The van der Waals surface area contributed by atoms with Crippen LogP contribution in [0.5, 0.6) is 0 Å². The molecule has 1 rings (SSSR count). The number of amides is 3. The number of carboxylic acid groups (broad SMARTS) is 1. The predicted molar refractivity (Wildman–Crippen MR) is 63.7 cm³/mol. The lowest BCUT2D eigenvalue weighted by Gasteiger charge is -2.36. The molecule has 4 N–H and O–H groups in total. The average molecular weight is 257 g/mol. The van der Waals surface area contributed by atoms with Gasteiger partial charge in [0.15, 0.2) is 0 Å². The third-order valence-corrected chi connectivity index (χ3v) is 3.13. The summed E-state index contributed by atoms with van der Waals surface area (Å²) in [6, 6.07) is -0.388. The Morgan fingerprint density at radius 1 is 1.44 bits per heavy atom. The van der Waals surface area contributed by atoms with Gasteiger partial charge in [-0.15, -0.1) is 0 Å². The Labute approximate surface area is 105 Å². The number of nitrogens with zero attached hydrogens (tertiary/aromatic N) is 1. The zero-order valence-electron chi connectivity index (χ0n) is 10.4. The van der Waals surface area contributed by atoms with Crippen LogP contribution in [0.25, 0.3) is 0 Å². The lowest BCUT2D eigenvalue weighted by molar-refractivity contribution is -0.143. The lowest BCUT2D eigenvalue weighted by Crippen LogP contribution is -2.50. The minimum absolute atomic E-state index is 0.103. The second-order valence-corrected chi connectivity index (χ2v) is 4.55. The van der Waals surface area contributed by atoms with Crippen LogP contribution in [0.3, 0.4) is 0 Å². The Morgan fingerprint density at radius 2 is 2.11 bits per heavy atom. The Morgan fingerprint density at radius 3 is 2.61 bits per heavy atom. The van der Waals surface area contributed by atoms with Gasteiger partial charge in [0, 0.05) is 25.6 Å². The maximum absolute atomic E-state index is 11.8. The van der Waals surface area contributed by atoms with E-state index in [1.54, 1.807) is 4.90 Å². The van der Waals surface area contributed by atoms with Gasteiger partial charge in [0.2, 0.25) is 5.91 Å². The zero-order chi connectivity index (χ0) is 13.7. The molecule has 3 amide bonds. The molecular formula is C11H19N3O4. The van der Waals surface area contributed by atoms with Crippen molar-refractivity contribution in [2.45, 2.75) is 32.2 Å². The van der Waals surface area contributed by atoms with Crippen LogP contribution in [0.2, 0.25) is 0 Å². The molecule has 102 valence electrons. The van der Waals surface area contributed by atoms with Gasteiger partial charge in [0.1, 0.15) is 0 Å². The second-order valence-electron chi connectivity index (χ2n) is 4.55. The molecule has 0 aromatic rings. The number of carboxylic acids is 1. The van der Waals surface area contributed by atoms with Gasteiger partial charge in [0.05, 0.1) is 5.92 Å². The number of aliphatic carboxylic acids is 1. The molecule has 0 aliphatic carbocycles. The van der Waals surface area contributed by atoms with E-state index in [2.05, 4.69) is 5.32 Å². The first-order valence-electron chi connectivity index (χ1n) is 5.97. The Balaban J connectivity index is 2.40. The van der Waals surface area contributed by atoms with E-state index in [1.165, 1.54) is 0 Å². The molecule has 0 radical (unpaired) electrons. The molecule has 2 unspecified atom stereocenters. The monoisotopic (exact) mass is 257 g/mol. The van der Waals surface area contributed by atoms with E-state index in [4.69, 9.17) is 10.8 Å². The molecule has 7 heteroatoms. The molecule has 0 aromatic heterocycles. The summed E-state index contributed by atoms with van der Waals surface area (Å²) in [7, 11) is 0. The summed E-state index contributed by atoms with van der Waals surface area (Å²) in [5, 5.41) is 11.5. The fourth-order valence-electron chi connectivity index (χ4n) is 2.09. The summed E-state index contributed by atoms with van der Waals surface area (Å²) in [4.78, 5) is 34.8. The van der Waals surface area contributed by atoms with E-state index >= 15 is 0 Å². The van der Waals surface area contributed by atoms with Crippen LogP contribution in [0.15, 0.2) is 0 Å². The third kappa shape index (κ3) is 3.90. The van der Waals surface area contributed by atoms with Gasteiger partial charge in [0.25, 0.3) is 0 Å². The number of rotatable bonds is 4. The van der Waals surface area contributed by atoms with Gasteiger partial charge >= 0.3 is 12.0 Å². The molecule has 2 atom stereocenters. The summed E-state index contributed by atoms with van der Waals surface area (Å²) in [6.45, 7) is 2.45. The van der Waals surface area contributed by atoms with Gasteiger partial charge in [-0.2, -0.15) is 0 Å². The van der Waals surface area contributed by atoms with Gasteiger partial charge in [-0.05, 0) is 19.8 Å². The number of nitrogens with one attached hydrogen (secondary N) is 1. The molecule has 1 aliphatic rings. The van der Waals surface area contributed by atoms with Crippen molar-refractivity contribution in [3.8, 4) is 0 Å². The van der Waals surface area contributed by atoms with Crippen LogP contribution in [-0.4, -0.2) is 47.0 Å². The highest BCUT2D eigenvalue weighted by Crippen LogP contribution is 2.22. The largest absolute Gasteiger partial charge is 0.481 e. The number of urea groups is 1. The summed E-state index contributed by atoms with van der Waals surface area (Å²) in [5.74, 6) is -1.65. The minimum Gasteiger partial charge on any atom is -0.481 e. The van der Waals surface area contributed by atoms with Gasteiger partial charge in [-0.3, -0.25) is 9.59 Å². The molecule has 1 aliphatic heterocycles. The molecule has 1 fully saturated rings. The van der Waals surface area contributed by atoms with E-state index in [0.717, 1.165) is 0 Å². The summed E-state index contributed by atoms with van der Waals surface area (Å²) >= 11 is 0. The van der Waals surface area contributed by atoms with Gasteiger partial charge < -0.3 is 21.1 Å². The van der Waals surface area contributed by atoms with Gasteiger partial charge in [-0.25, -0.2) is 4.79 Å². The van der Waals surface area contributed by atoms with Crippen molar-refractivity contribution in [3.63, 3.8) is 0 Å². The van der Waals surface area contributed by atoms with E-state index in [1.807, 2.05) is 6.92 Å². The molecule has 0 aromatic carbocycles. The van der Waals surface area contributed by atoms with Crippen LogP contribution in [-0.2, 0) is 9.59 Å². The fourth-order valence-corrected chi connectivity index (χ4v) is 2.09. The minimum atomic E-state index is -0.810. The first-order chi connectivity index (χ1) is 8.41. The summed E-state index contributed by atoms with van der Waals surface area (Å²) < 4.78 is 0. The van der Waals surface area contributed by atoms with E-state index in [-0.39, 0.29) is 31.0 Å². The normalized spacial score (nSPS) is 23.5. The van der Waals surface area contributed by atoms with Crippen LogP contribution < -0.4 is 11.1 Å². The zero-order valence-corrected chi connectivity index (χ0v) is 10.4. The third-order valence-electron chi connectivity index (χ3n) is 3.13. The molecule has 0 spiro atoms. The second kappa shape index (κ2) is 6.23. The Kier molecular flexibility index (Phi) is 4.94. The Bertz CT molecular complexity index is 345. The van der Waals surface area contributed by atoms with Crippen molar-refractivity contribution < 1.29 is 19.5 Å². The van der Waals surface area contributed by atoms with E-state index in [0.29, 0.717) is 19.4 Å². The van der Waals surface area contributed by atoms with Crippen LogP contribution in [0, 0.1) is 5.92 Å². The van der Waals surface area contributed by atoms with Gasteiger partial charge in [-0.1, -0.05) is 0 Å². The number of carbonyl (C=O) groups excluding carboxylic acids is 2. The number of hydrogen-bond acceptors (Lipinski definition) is 3. The number of piperidine rings is 1. The molecule has 1 heterocycles. The lowest BCUT2D eigenvalue weighted by atomic mass is 9.92. The van der Waals surface area contributed by atoms with Crippen molar-refractivity contribution in [1.29, 1.82) is 0 Å². The molecular weight excluding hydrogens is 238 g/mol. The Hall–Kier alpha value is -1.79. The SMILES string of the molecule is CC1CC(C(=O)O)CCN1C(=O)NCCC(N)=O. The fraction of sp³-hybridized carbons (Fsp3) is 0.727. The first kappa shape index (κ1) is 14.3. The molecule has 0 saturated carbocycles. The van der Waals surface area contributed by atoms with Crippen molar-refractivity contribution >= 4 is 17.9 Å². The van der Waals surface area contributed by atoms with Crippen molar-refractivity contribution in [2.75, 3.05) is 13.1 Å². The van der Waals surface area contributed by atoms with Crippen molar-refractivity contribution in [1.82, 2.24) is 10.2 Å². The number of nitrogens with two attached hydrogens (primary N) is 1. The van der Waals surface area contributed by atoms with Crippen molar-refractivity contribution in [3.05, 3.63) is 0 Å². The maximum atomic E-state index is 11.8. The number of primary amides is 1. The quantitative estimate of drug-likeness (QED) is 0.644. The number of hydrogen-bond donors (Lipinski definition) is 3. The standard InChI is InChI=1S/C11H19N3O4/c1-7-6-8(10(16)17)3-5-14(7)11(18)13-4-2-9(12)15/h7-8H,2-6H2,1H3,(H2,12,15)(H,13,18)(H,16,17). The maximum Gasteiger partial charge on any atom is 0.317 e. The number of carbonyl (C=O) groups is 3. The topological polar surface area (TPSA) is 113 Å². The van der Waals surface area contributed by atoms with E-state index in [9.17, 15) is 14.4 Å². The van der Waals surface area contributed by atoms with Crippen LogP contribution in [0.1, 0.15) is 26.2 Å². The highest BCUT2D eigenvalue weighted by atomic mass is 16.4. The van der Waals surface area contributed by atoms with Crippen LogP contribution in [0.4, 0.5) is 4.79 Å².